The Morgan fingerprint density at radius 1 is 1.08 bits per heavy atom. The molecule has 1 heterocycles. The number of carbonyl (C=O) groups excluding carboxylic acids is 3. The molecule has 3 rings (SSSR count). The molecule has 7 nitrogen and oxygen atoms in total. The number of amidine groups is 1. The van der Waals surface area contributed by atoms with Gasteiger partial charge in [-0.25, -0.2) is 0 Å². The molecule has 0 unspecified atom stereocenters. The van der Waals surface area contributed by atoms with Crippen LogP contribution in [-0.2, 0) is 14.4 Å². The minimum atomic E-state index is -1.47. The molecule has 0 radical (unpaired) electrons. The van der Waals surface area contributed by atoms with E-state index < -0.39 is 23.5 Å². The predicted molar refractivity (Wildman–Crippen MR) is 99.1 cm³/mol. The third-order valence-electron chi connectivity index (χ3n) is 3.63. The van der Waals surface area contributed by atoms with E-state index in [1.807, 2.05) is 0 Å². The molecule has 1 aliphatic rings. The van der Waals surface area contributed by atoms with E-state index in [0.29, 0.717) is 10.7 Å². The molecule has 0 spiro atoms. The first-order chi connectivity index (χ1) is 12.4. The van der Waals surface area contributed by atoms with Gasteiger partial charge in [0.2, 0.25) is 5.78 Å². The van der Waals surface area contributed by atoms with Crippen molar-refractivity contribution in [3.05, 3.63) is 58.6 Å². The number of hydrazone groups is 1. The lowest BCUT2D eigenvalue weighted by Gasteiger charge is -2.13. The number of anilines is 2. The van der Waals surface area contributed by atoms with Gasteiger partial charge in [-0.3, -0.25) is 14.4 Å². The maximum atomic E-state index is 12.5. The van der Waals surface area contributed by atoms with E-state index in [0.717, 1.165) is 5.01 Å². The molecule has 132 valence electrons. The summed E-state index contributed by atoms with van der Waals surface area (Å²) in [5.74, 6) is -4.43. The third kappa shape index (κ3) is 3.40. The second-order valence-corrected chi connectivity index (χ2v) is 6.21. The van der Waals surface area contributed by atoms with Gasteiger partial charge in [0.1, 0.15) is 5.84 Å². The maximum absolute atomic E-state index is 12.5. The van der Waals surface area contributed by atoms with Gasteiger partial charge in [0.15, 0.2) is 5.92 Å². The van der Waals surface area contributed by atoms with E-state index >= 15 is 0 Å². The lowest BCUT2D eigenvalue weighted by molar-refractivity contribution is -0.138. The molecule has 26 heavy (non-hydrogen) atoms. The van der Waals surface area contributed by atoms with Crippen LogP contribution in [0.2, 0.25) is 10.0 Å². The largest absolute Gasteiger partial charge is 0.385 e. The van der Waals surface area contributed by atoms with E-state index in [4.69, 9.17) is 28.9 Å². The lowest BCUT2D eigenvalue weighted by Crippen LogP contribution is -2.41. The molecule has 1 atom stereocenters. The Bertz CT molecular complexity index is 931. The standard InChI is InChI=1S/C17H12Cl2N4O3/c18-11-7-6-9(8-12(11)19)21-16(25)14(24)13-15(20)22-23(17(13)26)10-4-2-1-3-5-10/h1-8,13H,(H2,20,22)(H,21,25)/t13-/m0/s1. The number of nitrogens with one attached hydrogen (secondary N) is 1. The summed E-state index contributed by atoms with van der Waals surface area (Å²) in [6, 6.07) is 12.8. The Morgan fingerprint density at radius 3 is 2.42 bits per heavy atom. The van der Waals surface area contributed by atoms with E-state index in [1.165, 1.54) is 18.2 Å². The highest BCUT2D eigenvalue weighted by Crippen LogP contribution is 2.26. The Balaban J connectivity index is 1.77. The molecule has 9 heteroatoms. The second-order valence-electron chi connectivity index (χ2n) is 5.39. The minimum absolute atomic E-state index is 0.213. The molecular formula is C17H12Cl2N4O3. The number of nitrogens with two attached hydrogens (primary N) is 1. The van der Waals surface area contributed by atoms with Crippen molar-refractivity contribution in [2.45, 2.75) is 0 Å². The van der Waals surface area contributed by atoms with Gasteiger partial charge in [-0.05, 0) is 30.3 Å². The molecule has 0 aromatic heterocycles. The first kappa shape index (κ1) is 17.9. The van der Waals surface area contributed by atoms with Gasteiger partial charge in [-0.1, -0.05) is 41.4 Å². The highest BCUT2D eigenvalue weighted by Gasteiger charge is 2.43. The van der Waals surface area contributed by atoms with E-state index in [9.17, 15) is 14.4 Å². The van der Waals surface area contributed by atoms with Crippen LogP contribution in [0.3, 0.4) is 0 Å². The molecule has 0 aliphatic carbocycles. The predicted octanol–water partition coefficient (Wildman–Crippen LogP) is 2.44. The van der Waals surface area contributed by atoms with Gasteiger partial charge in [-0.15, -0.1) is 0 Å². The van der Waals surface area contributed by atoms with Crippen LogP contribution >= 0.6 is 23.2 Å². The first-order valence-electron chi connectivity index (χ1n) is 7.41. The maximum Gasteiger partial charge on any atom is 0.293 e. The monoisotopic (exact) mass is 390 g/mol. The molecule has 2 amide bonds. The summed E-state index contributed by atoms with van der Waals surface area (Å²) in [5.41, 5.74) is 6.43. The molecule has 2 aromatic carbocycles. The summed E-state index contributed by atoms with van der Waals surface area (Å²) in [6.45, 7) is 0. The quantitative estimate of drug-likeness (QED) is 0.617. The number of hydrogen-bond donors (Lipinski definition) is 2. The number of Topliss-reactive ketones (excluding diaryl/α,β-unsaturated/α-hetero) is 1. The minimum Gasteiger partial charge on any atom is -0.385 e. The van der Waals surface area contributed by atoms with Crippen molar-refractivity contribution < 1.29 is 14.4 Å². The highest BCUT2D eigenvalue weighted by molar-refractivity contribution is 6.50. The number of para-hydroxylation sites is 1. The van der Waals surface area contributed by atoms with Crippen LogP contribution in [0.5, 0.6) is 0 Å². The summed E-state index contributed by atoms with van der Waals surface area (Å²) >= 11 is 11.7. The van der Waals surface area contributed by atoms with Crippen molar-refractivity contribution in [2.24, 2.45) is 16.8 Å². The van der Waals surface area contributed by atoms with Gasteiger partial charge in [0.25, 0.3) is 11.8 Å². The highest BCUT2D eigenvalue weighted by atomic mass is 35.5. The van der Waals surface area contributed by atoms with Crippen LogP contribution in [-0.4, -0.2) is 23.4 Å². The lowest BCUT2D eigenvalue weighted by atomic mass is 10.0. The Morgan fingerprint density at radius 2 is 1.77 bits per heavy atom. The third-order valence-corrected chi connectivity index (χ3v) is 4.37. The van der Waals surface area contributed by atoms with Crippen LogP contribution in [0.4, 0.5) is 11.4 Å². The van der Waals surface area contributed by atoms with Crippen molar-refractivity contribution in [1.82, 2.24) is 0 Å². The van der Waals surface area contributed by atoms with Crippen molar-refractivity contribution in [2.75, 3.05) is 10.3 Å². The van der Waals surface area contributed by atoms with Crippen LogP contribution < -0.4 is 16.1 Å². The van der Waals surface area contributed by atoms with Gasteiger partial charge in [0.05, 0.1) is 15.7 Å². The van der Waals surface area contributed by atoms with E-state index in [1.54, 1.807) is 30.3 Å². The summed E-state index contributed by atoms with van der Waals surface area (Å²) in [7, 11) is 0. The molecular weight excluding hydrogens is 379 g/mol. The number of amides is 2. The molecule has 0 fully saturated rings. The Labute approximate surface area is 158 Å². The Hall–Kier alpha value is -2.90. The number of ketones is 1. The number of halogens is 2. The van der Waals surface area contributed by atoms with Gasteiger partial charge in [0, 0.05) is 5.69 Å². The fourth-order valence-corrected chi connectivity index (χ4v) is 2.67. The molecule has 2 aromatic rings. The average Bonchev–Trinajstić information content (AvgIpc) is 2.92. The fraction of sp³-hybridized carbons (Fsp3) is 0.0588. The summed E-state index contributed by atoms with van der Waals surface area (Å²) < 4.78 is 0. The van der Waals surface area contributed by atoms with E-state index in [-0.39, 0.29) is 16.5 Å². The van der Waals surface area contributed by atoms with Gasteiger partial charge >= 0.3 is 0 Å². The number of nitrogens with zero attached hydrogens (tertiary/aromatic N) is 2. The second kappa shape index (κ2) is 7.15. The number of hydrogen-bond acceptors (Lipinski definition) is 5. The van der Waals surface area contributed by atoms with Gasteiger partial charge in [-0.2, -0.15) is 10.1 Å². The molecule has 0 bridgehead atoms. The number of rotatable bonds is 4. The van der Waals surface area contributed by atoms with Crippen LogP contribution in [0.25, 0.3) is 0 Å². The Kier molecular flexibility index (Phi) is 4.92. The zero-order chi connectivity index (χ0) is 18.8. The summed E-state index contributed by atoms with van der Waals surface area (Å²) in [5, 5.41) is 7.79. The van der Waals surface area contributed by atoms with E-state index in [2.05, 4.69) is 10.4 Å². The zero-order valence-corrected chi connectivity index (χ0v) is 14.7. The van der Waals surface area contributed by atoms with Gasteiger partial charge < -0.3 is 11.1 Å². The zero-order valence-electron chi connectivity index (χ0n) is 13.1. The number of benzene rings is 2. The molecule has 0 saturated heterocycles. The first-order valence-corrected chi connectivity index (χ1v) is 8.17. The fourth-order valence-electron chi connectivity index (χ4n) is 2.37. The van der Waals surface area contributed by atoms with Crippen LogP contribution in [0.15, 0.2) is 53.6 Å². The van der Waals surface area contributed by atoms with Crippen molar-refractivity contribution >= 4 is 58.0 Å². The SMILES string of the molecule is NC1=NN(c2ccccc2)C(=O)[C@H]1C(=O)C(=O)Nc1ccc(Cl)c(Cl)c1. The van der Waals surface area contributed by atoms with Crippen LogP contribution in [0, 0.1) is 5.92 Å². The molecule has 3 N–H and O–H groups in total. The molecule has 1 aliphatic heterocycles. The topological polar surface area (TPSA) is 105 Å². The summed E-state index contributed by atoms with van der Waals surface area (Å²) in [4.78, 5) is 37.1. The summed E-state index contributed by atoms with van der Waals surface area (Å²) in [6.07, 6.45) is 0. The van der Waals surface area contributed by atoms with Crippen molar-refractivity contribution in [1.29, 1.82) is 0 Å². The van der Waals surface area contributed by atoms with Crippen molar-refractivity contribution in [3.63, 3.8) is 0 Å². The average molecular weight is 391 g/mol. The molecule has 0 saturated carbocycles. The van der Waals surface area contributed by atoms with Crippen LogP contribution in [0.1, 0.15) is 0 Å². The normalized spacial score (nSPS) is 16.4. The number of carbonyl (C=O) groups is 3. The van der Waals surface area contributed by atoms with Crippen molar-refractivity contribution in [3.8, 4) is 0 Å². The smallest absolute Gasteiger partial charge is 0.293 e.